The molecule has 4 aromatic rings. The second kappa shape index (κ2) is 14.0. The molecule has 2 aliphatic heterocycles. The lowest BCUT2D eigenvalue weighted by molar-refractivity contribution is -0.128. The number of hydrogen-bond donors (Lipinski definition) is 2. The molecule has 2 aliphatic rings. The highest BCUT2D eigenvalue weighted by molar-refractivity contribution is 8.26. The minimum absolute atomic E-state index is 0.114. The Hall–Kier alpha value is -4.28. The molecule has 3 heterocycles. The van der Waals surface area contributed by atoms with E-state index in [1.165, 1.54) is 17.3 Å². The van der Waals surface area contributed by atoms with E-state index in [1.807, 2.05) is 65.6 Å². The van der Waals surface area contributed by atoms with Crippen LogP contribution in [0.15, 0.2) is 77.3 Å². The predicted octanol–water partition coefficient (Wildman–Crippen LogP) is 7.51. The van der Waals surface area contributed by atoms with E-state index >= 15 is 0 Å². The van der Waals surface area contributed by atoms with Gasteiger partial charge in [-0.15, -0.1) is 0 Å². The molecular weight excluding hydrogens is 597 g/mol. The number of carbonyl (C=O) groups excluding carboxylic acids is 1. The first kappa shape index (κ1) is 31.7. The number of thioether (sulfide) groups is 1. The number of nitrogens with one attached hydrogen (secondary N) is 2. The number of aryl methyl sites for hydroxylation is 1. The average Bonchev–Trinajstić information content (AvgIpc) is 3.67. The lowest BCUT2D eigenvalue weighted by Gasteiger charge is -2.34. The van der Waals surface area contributed by atoms with Gasteiger partial charge in [0.1, 0.15) is 16.5 Å². The Morgan fingerprint density at radius 1 is 1.04 bits per heavy atom. The third kappa shape index (κ3) is 7.40. The molecule has 46 heavy (non-hydrogen) atoms. The first-order valence-corrected chi connectivity index (χ1v) is 16.7. The van der Waals surface area contributed by atoms with Crippen LogP contribution >= 0.6 is 11.8 Å². The van der Waals surface area contributed by atoms with Crippen molar-refractivity contribution in [2.45, 2.75) is 58.5 Å². The molecule has 2 N–H and O–H groups in total. The van der Waals surface area contributed by atoms with E-state index in [-0.39, 0.29) is 17.7 Å². The standard InChI is InChI=1S/C36H40N6O3S/c1-23(2)41-17-15-26(16-18-41)34(37)46-35(38)28-9-10-29(21-42-22-30(20-33(42)43)25-7-5-4-6-8-25)32(19-28)44-31-13-11-27(12-14-31)36-39-24(3)40-45-36/h4-14,19,23,26,30,37-38H,15-18,20-22H2,1-3H3. The minimum Gasteiger partial charge on any atom is -0.457 e. The van der Waals surface area contributed by atoms with Gasteiger partial charge in [-0.2, -0.15) is 4.98 Å². The molecule has 1 atom stereocenters. The van der Waals surface area contributed by atoms with Crippen molar-refractivity contribution in [3.8, 4) is 23.0 Å². The second-order valence-corrected chi connectivity index (χ2v) is 13.4. The van der Waals surface area contributed by atoms with Gasteiger partial charge in [0.25, 0.3) is 5.89 Å². The number of likely N-dealkylation sites (tertiary alicyclic amines) is 2. The summed E-state index contributed by atoms with van der Waals surface area (Å²) in [5.74, 6) is 2.64. The Balaban J connectivity index is 1.20. The number of ether oxygens (including phenoxy) is 1. The van der Waals surface area contributed by atoms with Crippen molar-refractivity contribution in [2.75, 3.05) is 19.6 Å². The summed E-state index contributed by atoms with van der Waals surface area (Å²) in [5.41, 5.74) is 3.49. The van der Waals surface area contributed by atoms with Gasteiger partial charge in [0, 0.05) is 54.1 Å². The van der Waals surface area contributed by atoms with Gasteiger partial charge in [-0.3, -0.25) is 15.6 Å². The number of nitrogens with zero attached hydrogens (tertiary/aromatic N) is 4. The van der Waals surface area contributed by atoms with Crippen LogP contribution in [-0.4, -0.2) is 61.6 Å². The minimum atomic E-state index is 0.114. The fourth-order valence-corrected chi connectivity index (χ4v) is 7.00. The maximum Gasteiger partial charge on any atom is 0.257 e. The smallest absolute Gasteiger partial charge is 0.257 e. The largest absolute Gasteiger partial charge is 0.457 e. The Morgan fingerprint density at radius 3 is 2.46 bits per heavy atom. The molecule has 2 fully saturated rings. The number of benzene rings is 3. The zero-order valence-corrected chi connectivity index (χ0v) is 27.3. The topological polar surface area (TPSA) is 119 Å². The lowest BCUT2D eigenvalue weighted by atomic mass is 9.97. The number of aromatic nitrogens is 2. The van der Waals surface area contributed by atoms with Crippen molar-refractivity contribution in [3.05, 3.63) is 95.3 Å². The summed E-state index contributed by atoms with van der Waals surface area (Å²) in [6, 6.07) is 23.8. The Kier molecular flexibility index (Phi) is 9.65. The Bertz CT molecular complexity index is 1700. The molecule has 0 aliphatic carbocycles. The molecule has 0 bridgehead atoms. The molecule has 0 saturated carbocycles. The molecule has 0 spiro atoms. The van der Waals surface area contributed by atoms with Crippen LogP contribution in [-0.2, 0) is 11.3 Å². The highest BCUT2D eigenvalue weighted by Gasteiger charge is 2.31. The monoisotopic (exact) mass is 636 g/mol. The predicted molar refractivity (Wildman–Crippen MR) is 182 cm³/mol. The summed E-state index contributed by atoms with van der Waals surface area (Å²) in [4.78, 5) is 21.7. The number of amides is 1. The molecule has 238 valence electrons. The molecule has 1 amide bonds. The number of rotatable bonds is 9. The summed E-state index contributed by atoms with van der Waals surface area (Å²) < 4.78 is 11.7. The van der Waals surface area contributed by atoms with Crippen molar-refractivity contribution in [1.29, 1.82) is 10.8 Å². The lowest BCUT2D eigenvalue weighted by Crippen LogP contribution is -2.39. The van der Waals surface area contributed by atoms with Crippen LogP contribution in [0.25, 0.3) is 11.5 Å². The van der Waals surface area contributed by atoms with Crippen molar-refractivity contribution in [3.63, 3.8) is 0 Å². The molecule has 1 aromatic heterocycles. The quantitative estimate of drug-likeness (QED) is 0.144. The molecule has 10 heteroatoms. The first-order chi connectivity index (χ1) is 22.2. The van der Waals surface area contributed by atoms with Gasteiger partial charge in [0.15, 0.2) is 5.82 Å². The molecule has 2 saturated heterocycles. The van der Waals surface area contributed by atoms with E-state index in [4.69, 9.17) is 20.1 Å². The fraction of sp³-hybridized carbons (Fsp3) is 0.361. The summed E-state index contributed by atoms with van der Waals surface area (Å²) in [5, 5.41) is 22.4. The van der Waals surface area contributed by atoms with Crippen molar-refractivity contribution >= 4 is 27.8 Å². The van der Waals surface area contributed by atoms with E-state index in [0.29, 0.717) is 64.4 Å². The fourth-order valence-electron chi connectivity index (χ4n) is 6.14. The molecule has 3 aromatic carbocycles. The van der Waals surface area contributed by atoms with Gasteiger partial charge in [-0.1, -0.05) is 59.4 Å². The van der Waals surface area contributed by atoms with Crippen molar-refractivity contribution < 1.29 is 14.1 Å². The van der Waals surface area contributed by atoms with E-state index in [9.17, 15) is 4.79 Å². The van der Waals surface area contributed by atoms with Gasteiger partial charge >= 0.3 is 0 Å². The van der Waals surface area contributed by atoms with Gasteiger partial charge in [0.2, 0.25) is 5.91 Å². The highest BCUT2D eigenvalue weighted by atomic mass is 32.2. The van der Waals surface area contributed by atoms with Crippen molar-refractivity contribution in [1.82, 2.24) is 19.9 Å². The summed E-state index contributed by atoms with van der Waals surface area (Å²) >= 11 is 1.23. The van der Waals surface area contributed by atoms with Gasteiger partial charge in [-0.05, 0) is 82.6 Å². The zero-order chi connectivity index (χ0) is 32.2. The van der Waals surface area contributed by atoms with E-state index in [1.54, 1.807) is 6.92 Å². The van der Waals surface area contributed by atoms with Crippen LogP contribution in [0, 0.1) is 23.7 Å². The highest BCUT2D eigenvalue weighted by Crippen LogP contribution is 2.35. The molecule has 0 radical (unpaired) electrons. The third-order valence-electron chi connectivity index (χ3n) is 8.88. The zero-order valence-electron chi connectivity index (χ0n) is 26.5. The van der Waals surface area contributed by atoms with Crippen LogP contribution in [0.2, 0.25) is 0 Å². The average molecular weight is 637 g/mol. The summed E-state index contributed by atoms with van der Waals surface area (Å²) in [6.07, 6.45) is 2.36. The number of carbonyl (C=O) groups is 1. The van der Waals surface area contributed by atoms with E-state index in [0.717, 1.165) is 37.1 Å². The number of piperidine rings is 1. The third-order valence-corrected chi connectivity index (χ3v) is 9.87. The van der Waals surface area contributed by atoms with Gasteiger partial charge in [-0.25, -0.2) is 0 Å². The molecular formula is C36H40N6O3S. The van der Waals surface area contributed by atoms with Crippen LogP contribution in [0.4, 0.5) is 0 Å². The molecule has 1 unspecified atom stereocenters. The number of hydrogen-bond acceptors (Lipinski definition) is 9. The van der Waals surface area contributed by atoms with Crippen LogP contribution in [0.1, 0.15) is 61.5 Å². The maximum atomic E-state index is 13.1. The normalized spacial score (nSPS) is 17.5. The maximum absolute atomic E-state index is 13.1. The van der Waals surface area contributed by atoms with E-state index < -0.39 is 0 Å². The van der Waals surface area contributed by atoms with Crippen molar-refractivity contribution in [2.24, 2.45) is 5.92 Å². The Morgan fingerprint density at radius 2 is 1.78 bits per heavy atom. The van der Waals surface area contributed by atoms with Crippen LogP contribution in [0.5, 0.6) is 11.5 Å². The summed E-state index contributed by atoms with van der Waals surface area (Å²) in [6.45, 7) is 9.21. The summed E-state index contributed by atoms with van der Waals surface area (Å²) in [7, 11) is 0. The molecule has 9 nitrogen and oxygen atoms in total. The van der Waals surface area contributed by atoms with Gasteiger partial charge < -0.3 is 19.1 Å². The second-order valence-electron chi connectivity index (χ2n) is 12.4. The van der Waals surface area contributed by atoms with Gasteiger partial charge in [0.05, 0.1) is 5.04 Å². The molecule has 6 rings (SSSR count). The Labute approximate surface area is 274 Å². The van der Waals surface area contributed by atoms with Crippen LogP contribution in [0.3, 0.4) is 0 Å². The first-order valence-electron chi connectivity index (χ1n) is 15.9. The van der Waals surface area contributed by atoms with E-state index in [2.05, 4.69) is 41.0 Å². The van der Waals surface area contributed by atoms with Crippen LogP contribution < -0.4 is 4.74 Å². The SMILES string of the molecule is Cc1noc(-c2ccc(Oc3cc(C(=N)SC(=N)C4CCN(C(C)C)CC4)ccc3CN3CC(c4ccccc4)CC3=O)cc2)n1.